The number of rotatable bonds is 3. The molecule has 8 heteroatoms. The maximum Gasteiger partial charge on any atom is 0.350 e. The fourth-order valence-corrected chi connectivity index (χ4v) is 2.79. The first kappa shape index (κ1) is 15.7. The van der Waals surface area contributed by atoms with E-state index < -0.39 is 11.2 Å². The van der Waals surface area contributed by atoms with E-state index in [2.05, 4.69) is 15.1 Å². The monoisotopic (exact) mass is 350 g/mol. The van der Waals surface area contributed by atoms with Gasteiger partial charge in [-0.05, 0) is 29.8 Å². The maximum absolute atomic E-state index is 12.7. The molecule has 0 bridgehead atoms. The number of benzene rings is 2. The Bertz CT molecular complexity index is 1280. The summed E-state index contributed by atoms with van der Waals surface area (Å²) in [6.07, 6.45) is 1.33. The van der Waals surface area contributed by atoms with Crippen molar-refractivity contribution in [3.05, 3.63) is 68.9 Å². The van der Waals surface area contributed by atoms with Crippen LogP contribution in [0.4, 0.5) is 0 Å². The van der Waals surface area contributed by atoms with E-state index >= 15 is 0 Å². The molecule has 130 valence electrons. The number of ether oxygens (including phenoxy) is 1. The standard InChI is InChI=1S/C18H14N4O4/c1-26-12-5-6-13-14(8-12)20-16-15(13)21-18(25)22(17(16)24)19-9-10-3-2-4-11(23)7-10/h2-9,20,23H,1H3,(H,21,25)/b19-9-. The van der Waals surface area contributed by atoms with Gasteiger partial charge in [-0.15, -0.1) is 4.68 Å². The van der Waals surface area contributed by atoms with Gasteiger partial charge in [0.25, 0.3) is 0 Å². The van der Waals surface area contributed by atoms with E-state index in [-0.39, 0.29) is 11.3 Å². The summed E-state index contributed by atoms with van der Waals surface area (Å²) in [5.74, 6) is 0.698. The van der Waals surface area contributed by atoms with Crippen molar-refractivity contribution in [3.63, 3.8) is 0 Å². The maximum atomic E-state index is 12.7. The molecule has 26 heavy (non-hydrogen) atoms. The zero-order valence-electron chi connectivity index (χ0n) is 13.7. The van der Waals surface area contributed by atoms with Crippen molar-refractivity contribution in [1.29, 1.82) is 0 Å². The quantitative estimate of drug-likeness (QED) is 0.489. The normalized spacial score (nSPS) is 11.6. The molecular formula is C18H14N4O4. The SMILES string of the molecule is COc1ccc2c(c1)[nH]c1c(=O)n(/N=C\c3cccc(O)c3)c(=O)[nH]c12. The average molecular weight is 350 g/mol. The Hall–Kier alpha value is -3.81. The number of H-pyrrole nitrogens is 2. The fourth-order valence-electron chi connectivity index (χ4n) is 2.79. The molecule has 0 radical (unpaired) electrons. The van der Waals surface area contributed by atoms with Crippen LogP contribution in [0.15, 0.2) is 57.2 Å². The number of aromatic amines is 2. The average Bonchev–Trinajstić information content (AvgIpc) is 2.99. The van der Waals surface area contributed by atoms with Crippen LogP contribution in [0.2, 0.25) is 0 Å². The van der Waals surface area contributed by atoms with Gasteiger partial charge in [-0.1, -0.05) is 12.1 Å². The van der Waals surface area contributed by atoms with Crippen molar-refractivity contribution in [2.75, 3.05) is 7.11 Å². The van der Waals surface area contributed by atoms with Crippen molar-refractivity contribution in [1.82, 2.24) is 14.6 Å². The Morgan fingerprint density at radius 1 is 1.12 bits per heavy atom. The third-order valence-electron chi connectivity index (χ3n) is 4.03. The topological polar surface area (TPSA) is 112 Å². The van der Waals surface area contributed by atoms with Crippen molar-refractivity contribution >= 4 is 28.2 Å². The molecule has 0 aliphatic rings. The molecule has 2 aromatic heterocycles. The van der Waals surface area contributed by atoms with Gasteiger partial charge in [-0.2, -0.15) is 5.10 Å². The molecule has 3 N–H and O–H groups in total. The highest BCUT2D eigenvalue weighted by atomic mass is 16.5. The second-order valence-corrected chi connectivity index (χ2v) is 5.67. The minimum atomic E-state index is -0.657. The van der Waals surface area contributed by atoms with E-state index in [1.165, 1.54) is 18.3 Å². The Balaban J connectivity index is 1.90. The van der Waals surface area contributed by atoms with Crippen LogP contribution < -0.4 is 16.0 Å². The molecule has 0 spiro atoms. The number of hydrogen-bond acceptors (Lipinski definition) is 5. The molecule has 0 aliphatic carbocycles. The van der Waals surface area contributed by atoms with Crippen LogP contribution in [0.5, 0.6) is 11.5 Å². The molecule has 2 aromatic carbocycles. The first-order valence-corrected chi connectivity index (χ1v) is 7.75. The molecule has 8 nitrogen and oxygen atoms in total. The number of aromatic hydroxyl groups is 1. The molecule has 0 saturated carbocycles. The lowest BCUT2D eigenvalue weighted by molar-refractivity contribution is 0.415. The summed E-state index contributed by atoms with van der Waals surface area (Å²) in [5.41, 5.74) is 0.646. The number of hydrogen-bond donors (Lipinski definition) is 3. The summed E-state index contributed by atoms with van der Waals surface area (Å²) >= 11 is 0. The highest BCUT2D eigenvalue weighted by Gasteiger charge is 2.13. The second kappa shape index (κ2) is 5.92. The van der Waals surface area contributed by atoms with E-state index in [9.17, 15) is 14.7 Å². The van der Waals surface area contributed by atoms with Gasteiger partial charge in [0.2, 0.25) is 0 Å². The van der Waals surface area contributed by atoms with Crippen molar-refractivity contribution in [3.8, 4) is 11.5 Å². The Labute approximate surface area is 146 Å². The Morgan fingerprint density at radius 3 is 2.73 bits per heavy atom. The molecular weight excluding hydrogens is 336 g/mol. The molecule has 0 amide bonds. The Kier molecular flexibility index (Phi) is 3.58. The lowest BCUT2D eigenvalue weighted by atomic mass is 10.2. The van der Waals surface area contributed by atoms with Crippen LogP contribution >= 0.6 is 0 Å². The summed E-state index contributed by atoms with van der Waals surface area (Å²) in [7, 11) is 1.55. The van der Waals surface area contributed by atoms with E-state index in [1.807, 2.05) is 0 Å². The van der Waals surface area contributed by atoms with E-state index in [0.717, 1.165) is 4.68 Å². The zero-order valence-corrected chi connectivity index (χ0v) is 13.7. The molecule has 4 rings (SSSR count). The molecule has 0 aliphatic heterocycles. The third kappa shape index (κ3) is 2.53. The van der Waals surface area contributed by atoms with Crippen LogP contribution in [-0.4, -0.2) is 33.1 Å². The summed E-state index contributed by atoms with van der Waals surface area (Å²) in [6, 6.07) is 11.6. The molecule has 0 unspecified atom stereocenters. The minimum Gasteiger partial charge on any atom is -0.508 e. The largest absolute Gasteiger partial charge is 0.508 e. The number of phenols is 1. The van der Waals surface area contributed by atoms with Crippen molar-refractivity contribution < 1.29 is 9.84 Å². The number of fused-ring (bicyclic) bond motifs is 3. The second-order valence-electron chi connectivity index (χ2n) is 5.67. The van der Waals surface area contributed by atoms with Crippen LogP contribution in [-0.2, 0) is 0 Å². The summed E-state index contributed by atoms with van der Waals surface area (Å²) < 4.78 is 5.91. The van der Waals surface area contributed by atoms with Crippen LogP contribution in [0.3, 0.4) is 0 Å². The third-order valence-corrected chi connectivity index (χ3v) is 4.03. The lowest BCUT2D eigenvalue weighted by Crippen LogP contribution is -2.32. The number of nitrogens with one attached hydrogen (secondary N) is 2. The molecule has 0 fully saturated rings. The van der Waals surface area contributed by atoms with Crippen molar-refractivity contribution in [2.24, 2.45) is 5.10 Å². The minimum absolute atomic E-state index is 0.0650. The van der Waals surface area contributed by atoms with E-state index in [4.69, 9.17) is 4.74 Å². The highest BCUT2D eigenvalue weighted by Crippen LogP contribution is 2.24. The predicted octanol–water partition coefficient (Wildman–Crippen LogP) is 1.77. The smallest absolute Gasteiger partial charge is 0.350 e. The summed E-state index contributed by atoms with van der Waals surface area (Å²) in [4.78, 5) is 30.7. The number of phenolic OH excluding ortho intramolecular Hbond substituents is 1. The van der Waals surface area contributed by atoms with Crippen molar-refractivity contribution in [2.45, 2.75) is 0 Å². The Morgan fingerprint density at radius 2 is 1.96 bits per heavy atom. The number of methoxy groups -OCH3 is 1. The van der Waals surface area contributed by atoms with Gasteiger partial charge in [0.1, 0.15) is 17.0 Å². The van der Waals surface area contributed by atoms with Gasteiger partial charge in [-0.3, -0.25) is 4.79 Å². The lowest BCUT2D eigenvalue weighted by Gasteiger charge is -1.99. The predicted molar refractivity (Wildman–Crippen MR) is 98.3 cm³/mol. The van der Waals surface area contributed by atoms with Gasteiger partial charge in [0.15, 0.2) is 0 Å². The van der Waals surface area contributed by atoms with Gasteiger partial charge in [-0.25, -0.2) is 4.79 Å². The fraction of sp³-hybridized carbons (Fsp3) is 0.0556. The van der Waals surface area contributed by atoms with Crippen LogP contribution in [0.25, 0.3) is 21.9 Å². The first-order valence-electron chi connectivity index (χ1n) is 7.75. The molecule has 0 atom stereocenters. The van der Waals surface area contributed by atoms with Crippen LogP contribution in [0, 0.1) is 0 Å². The van der Waals surface area contributed by atoms with Crippen LogP contribution in [0.1, 0.15) is 5.56 Å². The highest BCUT2D eigenvalue weighted by molar-refractivity contribution is 6.04. The van der Waals surface area contributed by atoms with E-state index in [1.54, 1.807) is 37.4 Å². The number of nitrogens with zero attached hydrogens (tertiary/aromatic N) is 2. The van der Waals surface area contributed by atoms with Gasteiger partial charge < -0.3 is 19.8 Å². The zero-order chi connectivity index (χ0) is 18.3. The van der Waals surface area contributed by atoms with E-state index in [0.29, 0.717) is 27.7 Å². The molecule has 0 saturated heterocycles. The molecule has 2 heterocycles. The van der Waals surface area contributed by atoms with Gasteiger partial charge in [0, 0.05) is 11.5 Å². The first-order chi connectivity index (χ1) is 12.6. The molecule has 4 aromatic rings. The number of aromatic nitrogens is 3. The summed E-state index contributed by atoms with van der Waals surface area (Å²) in [5, 5.41) is 14.1. The van der Waals surface area contributed by atoms with Gasteiger partial charge >= 0.3 is 11.2 Å². The summed E-state index contributed by atoms with van der Waals surface area (Å²) in [6.45, 7) is 0. The van der Waals surface area contributed by atoms with Gasteiger partial charge in [0.05, 0.1) is 24.4 Å².